The average molecular weight is 486 g/mol. The van der Waals surface area contributed by atoms with Gasteiger partial charge in [-0.25, -0.2) is 4.52 Å². The topological polar surface area (TPSA) is 122 Å². The molecule has 2 N–H and O–H groups in total. The molecule has 184 valence electrons. The minimum atomic E-state index is -0.403. The summed E-state index contributed by atoms with van der Waals surface area (Å²) in [6, 6.07) is 5.44. The average Bonchev–Trinajstić information content (AvgIpc) is 3.44. The van der Waals surface area contributed by atoms with Crippen molar-refractivity contribution in [1.82, 2.24) is 34.5 Å². The highest BCUT2D eigenvalue weighted by molar-refractivity contribution is 6.08. The Hall–Kier alpha value is -4.12. The Bertz CT molecular complexity index is 1480. The van der Waals surface area contributed by atoms with Crippen molar-refractivity contribution in [2.75, 3.05) is 23.7 Å². The fourth-order valence-corrected chi connectivity index (χ4v) is 5.07. The van der Waals surface area contributed by atoms with Crippen molar-refractivity contribution in [2.45, 2.75) is 38.1 Å². The molecule has 2 amide bonds. The summed E-state index contributed by atoms with van der Waals surface area (Å²) in [5.41, 5.74) is 4.58. The smallest absolute Gasteiger partial charge is 0.278 e. The van der Waals surface area contributed by atoms with Crippen LogP contribution in [0, 0.1) is 6.92 Å². The summed E-state index contributed by atoms with van der Waals surface area (Å²) < 4.78 is 3.30. The van der Waals surface area contributed by atoms with E-state index in [1.165, 1.54) is 25.7 Å². The molecule has 0 unspecified atom stereocenters. The lowest BCUT2D eigenvalue weighted by molar-refractivity contribution is -0.127. The van der Waals surface area contributed by atoms with E-state index in [0.29, 0.717) is 29.1 Å². The van der Waals surface area contributed by atoms with Gasteiger partial charge in [-0.15, -0.1) is 5.10 Å². The number of carbonyl (C=O) groups is 2. The number of nitrogens with one attached hydrogen (secondary N) is 2. The third-order valence-electron chi connectivity index (χ3n) is 7.42. The van der Waals surface area contributed by atoms with E-state index in [2.05, 4.69) is 35.9 Å². The quantitative estimate of drug-likeness (QED) is 0.430. The lowest BCUT2D eigenvalue weighted by atomic mass is 9.68. The predicted molar refractivity (Wildman–Crippen MR) is 134 cm³/mol. The molecular formula is C25H27N9O2. The van der Waals surface area contributed by atoms with Crippen molar-refractivity contribution in [3.8, 4) is 11.1 Å². The number of likely N-dealkylation sites (tertiary alicyclic amines) is 1. The van der Waals surface area contributed by atoms with Crippen LogP contribution in [0.4, 0.5) is 11.4 Å². The van der Waals surface area contributed by atoms with Crippen molar-refractivity contribution < 1.29 is 9.59 Å². The molecule has 4 aromatic rings. The maximum Gasteiger partial charge on any atom is 0.278 e. The van der Waals surface area contributed by atoms with Gasteiger partial charge < -0.3 is 10.6 Å². The maximum absolute atomic E-state index is 13.1. The summed E-state index contributed by atoms with van der Waals surface area (Å²) in [5, 5.41) is 18.2. The Labute approximate surface area is 207 Å². The molecule has 11 nitrogen and oxygen atoms in total. The summed E-state index contributed by atoms with van der Waals surface area (Å²) in [6.45, 7) is 3.14. The molecule has 4 aromatic heterocycles. The third kappa shape index (κ3) is 3.91. The lowest BCUT2D eigenvalue weighted by Crippen LogP contribution is -2.65. The highest BCUT2D eigenvalue weighted by atomic mass is 16.2. The molecule has 0 bridgehead atoms. The summed E-state index contributed by atoms with van der Waals surface area (Å²) in [4.78, 5) is 32.3. The van der Waals surface area contributed by atoms with E-state index < -0.39 is 5.91 Å². The van der Waals surface area contributed by atoms with Crippen LogP contribution in [0.1, 0.15) is 41.9 Å². The first-order valence-corrected chi connectivity index (χ1v) is 12.1. The number of anilines is 2. The van der Waals surface area contributed by atoms with Gasteiger partial charge in [0, 0.05) is 42.7 Å². The Morgan fingerprint density at radius 1 is 1.08 bits per heavy atom. The number of fused-ring (bicyclic) bond motifs is 1. The fraction of sp³-hybridized carbons (Fsp3) is 0.360. The van der Waals surface area contributed by atoms with Gasteiger partial charge in [0.2, 0.25) is 5.91 Å². The first-order valence-electron chi connectivity index (χ1n) is 12.1. The number of aryl methyl sites for hydroxylation is 2. The number of aromatic nitrogens is 6. The van der Waals surface area contributed by atoms with E-state index in [4.69, 9.17) is 0 Å². The molecule has 1 aliphatic carbocycles. The van der Waals surface area contributed by atoms with E-state index in [1.807, 2.05) is 31.6 Å². The molecule has 2 fully saturated rings. The second kappa shape index (κ2) is 8.52. The minimum absolute atomic E-state index is 0.0716. The molecule has 1 aliphatic heterocycles. The van der Waals surface area contributed by atoms with Gasteiger partial charge in [-0.3, -0.25) is 24.2 Å². The number of hydrogen-bond donors (Lipinski definition) is 2. The van der Waals surface area contributed by atoms with Crippen LogP contribution < -0.4 is 10.6 Å². The summed E-state index contributed by atoms with van der Waals surface area (Å²) in [6.07, 6.45) is 11.9. The van der Waals surface area contributed by atoms with Crippen LogP contribution in [0.2, 0.25) is 0 Å². The zero-order chi connectivity index (χ0) is 24.9. The normalized spacial score (nSPS) is 16.5. The number of carbonyl (C=O) groups excluding carboxylic acids is 2. The molecule has 0 aromatic carbocycles. The molecule has 1 saturated heterocycles. The number of hydrogen-bond acceptors (Lipinski definition) is 7. The third-order valence-corrected chi connectivity index (χ3v) is 7.42. The van der Waals surface area contributed by atoms with E-state index in [9.17, 15) is 9.59 Å². The summed E-state index contributed by atoms with van der Waals surface area (Å²) >= 11 is 0. The van der Waals surface area contributed by atoms with Gasteiger partial charge in [0.15, 0.2) is 5.69 Å². The summed E-state index contributed by atoms with van der Waals surface area (Å²) in [7, 11) is 1.86. The summed E-state index contributed by atoms with van der Waals surface area (Å²) in [5.74, 6) is -0.474. The second-order valence-corrected chi connectivity index (χ2v) is 9.70. The highest BCUT2D eigenvalue weighted by Gasteiger charge is 2.49. The molecule has 36 heavy (non-hydrogen) atoms. The predicted octanol–water partition coefficient (Wildman–Crippen LogP) is 2.65. The first kappa shape index (κ1) is 22.4. The largest absolute Gasteiger partial charge is 0.324 e. The van der Waals surface area contributed by atoms with Crippen LogP contribution in [0.15, 0.2) is 43.0 Å². The van der Waals surface area contributed by atoms with E-state index >= 15 is 0 Å². The van der Waals surface area contributed by atoms with Crippen LogP contribution in [0.3, 0.4) is 0 Å². The Morgan fingerprint density at radius 2 is 1.94 bits per heavy atom. The molecule has 6 rings (SSSR count). The van der Waals surface area contributed by atoms with Gasteiger partial charge in [-0.05, 0) is 44.7 Å². The SMILES string of the molecule is Cc1ncc(NC(=O)CN2CCC23CCC3)cc1NC(=O)c1nnn2cc(-c3cnn(C)c3)ccc12. The molecule has 1 saturated carbocycles. The van der Waals surface area contributed by atoms with Gasteiger partial charge in [0.05, 0.1) is 41.5 Å². The Morgan fingerprint density at radius 3 is 2.64 bits per heavy atom. The number of amides is 2. The van der Waals surface area contributed by atoms with Gasteiger partial charge in [0.1, 0.15) is 0 Å². The van der Waals surface area contributed by atoms with Crippen LogP contribution >= 0.6 is 0 Å². The fourth-order valence-electron chi connectivity index (χ4n) is 5.07. The van der Waals surface area contributed by atoms with E-state index in [0.717, 1.165) is 17.7 Å². The minimum Gasteiger partial charge on any atom is -0.324 e. The van der Waals surface area contributed by atoms with Crippen molar-refractivity contribution in [1.29, 1.82) is 0 Å². The molecule has 11 heteroatoms. The zero-order valence-corrected chi connectivity index (χ0v) is 20.2. The van der Waals surface area contributed by atoms with Gasteiger partial charge in [0.25, 0.3) is 5.91 Å². The van der Waals surface area contributed by atoms with Crippen molar-refractivity contribution in [3.05, 3.63) is 54.4 Å². The van der Waals surface area contributed by atoms with E-state index in [-0.39, 0.29) is 17.1 Å². The number of nitrogens with zero attached hydrogens (tertiary/aromatic N) is 7. The zero-order valence-electron chi connectivity index (χ0n) is 20.2. The molecule has 0 radical (unpaired) electrons. The first-order chi connectivity index (χ1) is 17.4. The number of pyridine rings is 2. The van der Waals surface area contributed by atoms with E-state index in [1.54, 1.807) is 34.6 Å². The molecule has 0 atom stereocenters. The Balaban J connectivity index is 1.15. The molecule has 2 aliphatic rings. The van der Waals surface area contributed by atoms with Crippen molar-refractivity contribution in [2.24, 2.45) is 7.05 Å². The maximum atomic E-state index is 13.1. The monoisotopic (exact) mass is 485 g/mol. The van der Waals surface area contributed by atoms with Gasteiger partial charge in [-0.2, -0.15) is 5.10 Å². The van der Waals surface area contributed by atoms with Gasteiger partial charge in [-0.1, -0.05) is 11.3 Å². The lowest BCUT2D eigenvalue weighted by Gasteiger charge is -2.58. The van der Waals surface area contributed by atoms with Crippen molar-refractivity contribution in [3.63, 3.8) is 0 Å². The highest BCUT2D eigenvalue weighted by Crippen LogP contribution is 2.46. The van der Waals surface area contributed by atoms with Crippen LogP contribution in [0.25, 0.3) is 16.6 Å². The number of rotatable bonds is 6. The molecule has 1 spiro atoms. The van der Waals surface area contributed by atoms with Gasteiger partial charge >= 0.3 is 0 Å². The second-order valence-electron chi connectivity index (χ2n) is 9.70. The molecular weight excluding hydrogens is 458 g/mol. The molecule has 5 heterocycles. The van der Waals surface area contributed by atoms with Crippen LogP contribution in [-0.4, -0.2) is 64.9 Å². The van der Waals surface area contributed by atoms with Crippen LogP contribution in [0.5, 0.6) is 0 Å². The van der Waals surface area contributed by atoms with Crippen LogP contribution in [-0.2, 0) is 11.8 Å². The Kier molecular flexibility index (Phi) is 5.29. The van der Waals surface area contributed by atoms with Crippen molar-refractivity contribution >= 4 is 28.7 Å². The standard InChI is InChI=1S/C25H27N9O2/c1-16-20(10-19(12-26-16)28-22(35)15-33-9-8-25(33)6-3-7-25)29-24(36)23-21-5-4-17(14-34(21)31-30-23)18-11-27-32(2)13-18/h4-5,10-14H,3,6-9,15H2,1-2H3,(H,28,35)(H,29,36).